The fourth-order valence-corrected chi connectivity index (χ4v) is 4.26. The van der Waals surface area contributed by atoms with Crippen molar-refractivity contribution >= 4 is 45.6 Å². The molecule has 1 aliphatic rings. The van der Waals surface area contributed by atoms with Crippen molar-refractivity contribution in [3.05, 3.63) is 33.3 Å². The number of hydrogen-bond acceptors (Lipinski definition) is 7. The molecule has 0 bridgehead atoms. The van der Waals surface area contributed by atoms with Gasteiger partial charge < -0.3 is 31.5 Å². The van der Waals surface area contributed by atoms with Gasteiger partial charge in [0.2, 0.25) is 11.8 Å². The quantitative estimate of drug-likeness (QED) is 0.277. The van der Waals surface area contributed by atoms with Crippen LogP contribution in [0.3, 0.4) is 0 Å². The van der Waals surface area contributed by atoms with Gasteiger partial charge in [-0.25, -0.2) is 0 Å². The minimum Gasteiger partial charge on any atom is -0.481 e. The summed E-state index contributed by atoms with van der Waals surface area (Å²) >= 11 is 3.45. The molecule has 1 aromatic carbocycles. The zero-order valence-electron chi connectivity index (χ0n) is 19.9. The predicted octanol–water partition coefficient (Wildman–Crippen LogP) is 1.19. The van der Waals surface area contributed by atoms with Crippen LogP contribution in [0.2, 0.25) is 0 Å². The van der Waals surface area contributed by atoms with Crippen molar-refractivity contribution in [3.8, 4) is 0 Å². The maximum atomic E-state index is 13.1. The molecule has 0 saturated carbocycles. The number of aliphatic carboxylic acids is 1. The zero-order valence-corrected chi connectivity index (χ0v) is 21.5. The van der Waals surface area contributed by atoms with Crippen molar-refractivity contribution in [1.29, 1.82) is 0 Å². The van der Waals surface area contributed by atoms with Crippen LogP contribution in [0.4, 0.5) is 0 Å². The largest absolute Gasteiger partial charge is 0.481 e. The van der Waals surface area contributed by atoms with E-state index in [0.29, 0.717) is 21.2 Å². The molecule has 11 nitrogen and oxygen atoms in total. The smallest absolute Gasteiger partial charge is 0.306 e. The summed E-state index contributed by atoms with van der Waals surface area (Å²) in [7, 11) is 0. The average molecular weight is 555 g/mol. The summed E-state index contributed by atoms with van der Waals surface area (Å²) in [5.74, 6) is -3.34. The molecule has 0 aromatic heterocycles. The topological polar surface area (TPSA) is 182 Å². The van der Waals surface area contributed by atoms with Crippen molar-refractivity contribution in [2.75, 3.05) is 0 Å². The fourth-order valence-electron chi connectivity index (χ4n) is 3.73. The third-order valence-electron chi connectivity index (χ3n) is 5.38. The lowest BCUT2D eigenvalue weighted by atomic mass is 10.1. The first kappa shape index (κ1) is 28.2. The molecule has 0 fully saturated rings. The number of rotatable bonds is 12. The van der Waals surface area contributed by atoms with Crippen molar-refractivity contribution in [2.24, 2.45) is 11.5 Å². The van der Waals surface area contributed by atoms with Crippen LogP contribution >= 0.6 is 15.9 Å². The first-order valence-corrected chi connectivity index (χ1v) is 11.9. The summed E-state index contributed by atoms with van der Waals surface area (Å²) in [5, 5.41) is 11.8. The minimum absolute atomic E-state index is 0.0257. The summed E-state index contributed by atoms with van der Waals surface area (Å²) in [6.07, 6.45) is -0.243. The van der Waals surface area contributed by atoms with Gasteiger partial charge in [0.05, 0.1) is 6.04 Å². The number of carbonyl (C=O) groups is 5. The van der Waals surface area contributed by atoms with Crippen LogP contribution in [-0.2, 0) is 37.0 Å². The first-order valence-electron chi connectivity index (χ1n) is 11.1. The normalized spacial score (nSPS) is 14.9. The van der Waals surface area contributed by atoms with E-state index >= 15 is 0 Å². The molecule has 0 radical (unpaired) electrons. The molecule has 1 heterocycles. The van der Waals surface area contributed by atoms with Gasteiger partial charge in [0.1, 0.15) is 11.6 Å². The van der Waals surface area contributed by atoms with Crippen LogP contribution in [0.25, 0.3) is 0 Å². The fraction of sp³-hybridized carbons (Fsp3) is 0.522. The molecule has 35 heavy (non-hydrogen) atoms. The third-order valence-corrected chi connectivity index (χ3v) is 6.12. The van der Waals surface area contributed by atoms with Crippen LogP contribution < -0.4 is 16.8 Å². The molecule has 6 N–H and O–H groups in total. The van der Waals surface area contributed by atoms with Gasteiger partial charge >= 0.3 is 11.9 Å². The molecule has 2 unspecified atom stereocenters. The van der Waals surface area contributed by atoms with E-state index in [1.807, 2.05) is 0 Å². The number of hydrogen-bond donors (Lipinski definition) is 4. The highest BCUT2D eigenvalue weighted by Crippen LogP contribution is 2.31. The van der Waals surface area contributed by atoms with Crippen molar-refractivity contribution < 1.29 is 33.8 Å². The van der Waals surface area contributed by atoms with Crippen LogP contribution in [0, 0.1) is 0 Å². The van der Waals surface area contributed by atoms with Gasteiger partial charge in [-0.3, -0.25) is 24.0 Å². The number of nitrogens with zero attached hydrogens (tertiary/aromatic N) is 1. The molecule has 1 aliphatic heterocycles. The Labute approximate surface area is 211 Å². The predicted molar refractivity (Wildman–Crippen MR) is 129 cm³/mol. The molecule has 12 heteroatoms. The number of carboxylic acid groups (broad SMARTS) is 1. The van der Waals surface area contributed by atoms with Gasteiger partial charge in [0, 0.05) is 36.0 Å². The number of nitrogens with two attached hydrogens (primary N) is 2. The lowest BCUT2D eigenvalue weighted by molar-refractivity contribution is -0.155. The average Bonchev–Trinajstić information content (AvgIpc) is 3.01. The summed E-state index contributed by atoms with van der Waals surface area (Å²) in [4.78, 5) is 61.1. The molecule has 1 aromatic rings. The van der Waals surface area contributed by atoms with E-state index in [1.54, 1.807) is 32.9 Å². The number of nitrogens with one attached hydrogen (secondary N) is 1. The second-order valence-electron chi connectivity index (χ2n) is 9.35. The van der Waals surface area contributed by atoms with Gasteiger partial charge in [0.25, 0.3) is 5.91 Å². The van der Waals surface area contributed by atoms with E-state index < -0.39 is 47.3 Å². The number of esters is 1. The molecule has 192 valence electrons. The van der Waals surface area contributed by atoms with Gasteiger partial charge in [0.15, 0.2) is 0 Å². The summed E-state index contributed by atoms with van der Waals surface area (Å²) < 4.78 is 5.93. The number of fused-ring (bicyclic) bond motifs is 1. The Hall–Kier alpha value is -2.99. The van der Waals surface area contributed by atoms with Crippen LogP contribution in [-0.4, -0.2) is 57.4 Å². The molecule has 3 amide bonds. The Morgan fingerprint density at radius 1 is 1.14 bits per heavy atom. The SMILES string of the molecule is CC(C)(C)OC(=O)CCC(C(N)=O)N1Cc2cc(Br)c(CNC(CCC(=O)O)C(N)=O)cc2C1=O. The standard InChI is InChI=1S/C23H31BrN4O7/c1-23(2,3)35-19(31)7-5-17(21(26)33)28-11-13-9-15(24)12(8-14(13)22(28)34)10-27-16(20(25)32)4-6-18(29)30/h8-9,16-17,27H,4-7,10-11H2,1-3H3,(H2,25,32)(H2,26,33)(H,29,30). The number of ether oxygens (including phenoxy) is 1. The third kappa shape index (κ3) is 8.03. The van der Waals surface area contributed by atoms with Crippen molar-refractivity contribution in [1.82, 2.24) is 10.2 Å². The van der Waals surface area contributed by atoms with E-state index in [4.69, 9.17) is 21.3 Å². The van der Waals surface area contributed by atoms with E-state index in [1.165, 1.54) is 4.90 Å². The van der Waals surface area contributed by atoms with Crippen LogP contribution in [0.15, 0.2) is 16.6 Å². The Bertz CT molecular complexity index is 1020. The van der Waals surface area contributed by atoms with E-state index in [2.05, 4.69) is 21.2 Å². The lowest BCUT2D eigenvalue weighted by Crippen LogP contribution is -2.45. The minimum atomic E-state index is -1.04. The molecule has 0 aliphatic carbocycles. The Morgan fingerprint density at radius 2 is 1.80 bits per heavy atom. The number of benzene rings is 1. The van der Waals surface area contributed by atoms with Crippen LogP contribution in [0.1, 0.15) is 67.9 Å². The second kappa shape index (κ2) is 11.6. The molecule has 2 atom stereocenters. The molecule has 0 saturated heterocycles. The second-order valence-corrected chi connectivity index (χ2v) is 10.2. The van der Waals surface area contributed by atoms with Gasteiger partial charge in [-0.2, -0.15) is 0 Å². The number of primary amides is 2. The van der Waals surface area contributed by atoms with Crippen molar-refractivity contribution in [3.63, 3.8) is 0 Å². The van der Waals surface area contributed by atoms with Gasteiger partial charge in [-0.05, 0) is 56.9 Å². The Morgan fingerprint density at radius 3 is 2.34 bits per heavy atom. The molecular formula is C23H31BrN4O7. The highest BCUT2D eigenvalue weighted by atomic mass is 79.9. The Kier molecular flexibility index (Phi) is 9.38. The molecule has 0 spiro atoms. The maximum absolute atomic E-state index is 13.1. The number of halogens is 1. The van der Waals surface area contributed by atoms with Crippen LogP contribution in [0.5, 0.6) is 0 Å². The monoisotopic (exact) mass is 554 g/mol. The van der Waals surface area contributed by atoms with E-state index in [0.717, 1.165) is 0 Å². The van der Waals surface area contributed by atoms with E-state index in [9.17, 15) is 24.0 Å². The maximum Gasteiger partial charge on any atom is 0.306 e. The molecule has 2 rings (SSSR count). The Balaban J connectivity index is 2.14. The zero-order chi connectivity index (χ0) is 26.5. The number of carbonyl (C=O) groups excluding carboxylic acids is 4. The lowest BCUT2D eigenvalue weighted by Gasteiger charge is -2.25. The van der Waals surface area contributed by atoms with Crippen molar-refractivity contribution in [2.45, 2.75) is 77.2 Å². The molecular weight excluding hydrogens is 524 g/mol. The highest BCUT2D eigenvalue weighted by molar-refractivity contribution is 9.10. The van der Waals surface area contributed by atoms with Gasteiger partial charge in [-0.15, -0.1) is 0 Å². The van der Waals surface area contributed by atoms with Gasteiger partial charge in [-0.1, -0.05) is 15.9 Å². The summed E-state index contributed by atoms with van der Waals surface area (Å²) in [6.45, 7) is 5.49. The summed E-state index contributed by atoms with van der Waals surface area (Å²) in [6, 6.07) is 1.53. The van der Waals surface area contributed by atoms with E-state index in [-0.39, 0.29) is 38.8 Å². The first-order chi connectivity index (χ1) is 16.2. The number of amides is 3. The number of carboxylic acids is 1. The summed E-state index contributed by atoms with van der Waals surface area (Å²) in [5.41, 5.74) is 11.9. The highest BCUT2D eigenvalue weighted by Gasteiger charge is 2.36.